The molecule has 0 saturated carbocycles. The molecule has 0 atom stereocenters. The van der Waals surface area contributed by atoms with E-state index in [4.69, 9.17) is 10.2 Å². The van der Waals surface area contributed by atoms with Crippen LogP contribution in [0.5, 0.6) is 0 Å². The third kappa shape index (κ3) is 3.25. The van der Waals surface area contributed by atoms with Crippen LogP contribution in [0.2, 0.25) is 0 Å². The summed E-state index contributed by atoms with van der Waals surface area (Å²) in [6, 6.07) is 8.10. The van der Waals surface area contributed by atoms with Crippen LogP contribution in [0, 0.1) is 0 Å². The lowest BCUT2D eigenvalue weighted by Crippen LogP contribution is -2.27. The lowest BCUT2D eigenvalue weighted by molar-refractivity contribution is 0.399. The largest absolute Gasteiger partial charge is 0.453 e. The first-order valence-corrected chi connectivity index (χ1v) is 8.59. The lowest BCUT2D eigenvalue weighted by Gasteiger charge is -2.17. The molecule has 0 unspecified atom stereocenters. The number of nitrogens with zero attached hydrogens (tertiary/aromatic N) is 1. The zero-order valence-electron chi connectivity index (χ0n) is 10.5. The van der Waals surface area contributed by atoms with Crippen LogP contribution in [0.3, 0.4) is 0 Å². The number of hydrogen-bond acceptors (Lipinski definition) is 4. The van der Waals surface area contributed by atoms with Crippen molar-refractivity contribution in [3.8, 4) is 0 Å². The Morgan fingerprint density at radius 2 is 1.95 bits per heavy atom. The van der Waals surface area contributed by atoms with E-state index in [1.807, 2.05) is 0 Å². The third-order valence-corrected chi connectivity index (χ3v) is 5.46. The van der Waals surface area contributed by atoms with Crippen LogP contribution in [0.4, 0.5) is 5.69 Å². The van der Waals surface area contributed by atoms with Crippen LogP contribution in [-0.2, 0) is 16.6 Å². The summed E-state index contributed by atoms with van der Waals surface area (Å²) in [5.74, 6) is 0.540. The van der Waals surface area contributed by atoms with Gasteiger partial charge in [0.2, 0.25) is 10.0 Å². The van der Waals surface area contributed by atoms with Gasteiger partial charge in [-0.1, -0.05) is 15.9 Å². The minimum atomic E-state index is -3.66. The summed E-state index contributed by atoms with van der Waals surface area (Å²) >= 11 is 6.43. The maximum Gasteiger partial charge on any atom is 0.245 e. The van der Waals surface area contributed by atoms with Gasteiger partial charge in [-0.2, -0.15) is 4.31 Å². The monoisotopic (exact) mass is 422 g/mol. The molecular weight excluding hydrogens is 412 g/mol. The van der Waals surface area contributed by atoms with E-state index in [1.165, 1.54) is 17.4 Å². The van der Waals surface area contributed by atoms with E-state index in [0.717, 1.165) is 4.47 Å². The zero-order chi connectivity index (χ0) is 14.9. The van der Waals surface area contributed by atoms with Gasteiger partial charge in [0.25, 0.3) is 0 Å². The van der Waals surface area contributed by atoms with Crippen molar-refractivity contribution < 1.29 is 12.8 Å². The van der Waals surface area contributed by atoms with E-state index >= 15 is 0 Å². The third-order valence-electron chi connectivity index (χ3n) is 2.67. The Labute approximate surface area is 134 Å². The molecule has 0 radical (unpaired) electrons. The van der Waals surface area contributed by atoms with Crippen LogP contribution in [0.15, 0.2) is 48.8 Å². The van der Waals surface area contributed by atoms with Crippen molar-refractivity contribution in [2.45, 2.75) is 11.4 Å². The first-order valence-electron chi connectivity index (χ1n) is 5.56. The molecule has 2 rings (SSSR count). The molecule has 2 N–H and O–H groups in total. The minimum absolute atomic E-state index is 0.0776. The predicted molar refractivity (Wildman–Crippen MR) is 83.6 cm³/mol. The van der Waals surface area contributed by atoms with Gasteiger partial charge in [-0.25, -0.2) is 8.42 Å². The van der Waals surface area contributed by atoms with Crippen molar-refractivity contribution in [1.29, 1.82) is 0 Å². The molecule has 0 aliphatic carbocycles. The van der Waals surface area contributed by atoms with Crippen molar-refractivity contribution in [2.24, 2.45) is 0 Å². The molecule has 5 nitrogen and oxygen atoms in total. The summed E-state index contributed by atoms with van der Waals surface area (Å²) in [6.07, 6.45) is 0. The van der Waals surface area contributed by atoms with Gasteiger partial charge in [0, 0.05) is 11.5 Å². The molecule has 1 heterocycles. The second kappa shape index (κ2) is 5.88. The number of nitrogen functional groups attached to an aromatic ring is 1. The number of anilines is 1. The number of nitrogens with two attached hydrogens (primary N) is 1. The topological polar surface area (TPSA) is 76.5 Å². The summed E-state index contributed by atoms with van der Waals surface area (Å²) in [4.78, 5) is 0.0776. The maximum absolute atomic E-state index is 12.5. The molecule has 1 aromatic heterocycles. The van der Waals surface area contributed by atoms with Crippen molar-refractivity contribution in [1.82, 2.24) is 4.31 Å². The van der Waals surface area contributed by atoms with Gasteiger partial charge in [-0.05, 0) is 46.3 Å². The highest BCUT2D eigenvalue weighted by Gasteiger charge is 2.24. The van der Waals surface area contributed by atoms with Crippen molar-refractivity contribution in [3.05, 3.63) is 45.2 Å². The molecule has 8 heteroatoms. The van der Waals surface area contributed by atoms with Crippen LogP contribution in [0.25, 0.3) is 0 Å². The molecule has 0 bridgehead atoms. The molecule has 2 aromatic rings. The van der Waals surface area contributed by atoms with Crippen LogP contribution >= 0.6 is 31.9 Å². The van der Waals surface area contributed by atoms with E-state index in [2.05, 4.69) is 31.9 Å². The number of benzene rings is 1. The number of sulfonamides is 1. The fourth-order valence-corrected chi connectivity index (χ4v) is 3.61. The van der Waals surface area contributed by atoms with Gasteiger partial charge in [0.15, 0.2) is 4.67 Å². The lowest BCUT2D eigenvalue weighted by atomic mass is 10.3. The Morgan fingerprint density at radius 1 is 1.25 bits per heavy atom. The standard InChI is InChI=1S/C12H12Br2N2O3S/c1-16(7-9-3-5-12(14)19-9)20(17,18)11-4-2-8(13)6-10(11)15/h2-6H,7,15H2,1H3. The first-order chi connectivity index (χ1) is 9.30. The summed E-state index contributed by atoms with van der Waals surface area (Å²) in [7, 11) is -2.18. The van der Waals surface area contributed by atoms with Gasteiger partial charge >= 0.3 is 0 Å². The molecule has 0 saturated heterocycles. The van der Waals surface area contributed by atoms with Gasteiger partial charge in [0.05, 0.1) is 12.2 Å². The molecule has 0 aliphatic rings. The second-order valence-corrected chi connectivity index (χ2v) is 7.86. The van der Waals surface area contributed by atoms with E-state index in [-0.39, 0.29) is 17.1 Å². The van der Waals surface area contributed by atoms with Crippen molar-refractivity contribution >= 4 is 47.6 Å². The highest BCUT2D eigenvalue weighted by molar-refractivity contribution is 9.10. The normalized spacial score (nSPS) is 12.0. The Bertz CT molecular complexity index is 728. The molecule has 0 spiro atoms. The Balaban J connectivity index is 2.29. The molecule has 108 valence electrons. The number of hydrogen-bond donors (Lipinski definition) is 1. The summed E-state index contributed by atoms with van der Waals surface area (Å²) in [5, 5.41) is 0. The second-order valence-electron chi connectivity index (χ2n) is 4.15. The average molecular weight is 424 g/mol. The van der Waals surface area contributed by atoms with E-state index < -0.39 is 10.0 Å². The van der Waals surface area contributed by atoms with E-state index in [9.17, 15) is 8.42 Å². The van der Waals surface area contributed by atoms with Crippen LogP contribution in [-0.4, -0.2) is 19.8 Å². The van der Waals surface area contributed by atoms with Gasteiger partial charge in [-0.15, -0.1) is 0 Å². The minimum Gasteiger partial charge on any atom is -0.453 e. The predicted octanol–water partition coefficient (Wildman–Crippen LogP) is 3.21. The molecule has 20 heavy (non-hydrogen) atoms. The zero-order valence-corrected chi connectivity index (χ0v) is 14.5. The molecule has 1 aromatic carbocycles. The fourth-order valence-electron chi connectivity index (χ4n) is 1.66. The highest BCUT2D eigenvalue weighted by Crippen LogP contribution is 2.26. The molecule has 0 aliphatic heterocycles. The van der Waals surface area contributed by atoms with E-state index in [0.29, 0.717) is 10.4 Å². The fraction of sp³-hybridized carbons (Fsp3) is 0.167. The number of halogens is 2. The summed E-state index contributed by atoms with van der Waals surface area (Å²) < 4.78 is 32.7. The van der Waals surface area contributed by atoms with Gasteiger partial charge in [-0.3, -0.25) is 0 Å². The quantitative estimate of drug-likeness (QED) is 0.766. The smallest absolute Gasteiger partial charge is 0.245 e. The van der Waals surface area contributed by atoms with E-state index in [1.54, 1.807) is 24.3 Å². The molecular formula is C12H12Br2N2O3S. The average Bonchev–Trinajstić information content (AvgIpc) is 2.74. The summed E-state index contributed by atoms with van der Waals surface area (Å²) in [6.45, 7) is 0.128. The van der Waals surface area contributed by atoms with Gasteiger partial charge in [0.1, 0.15) is 10.7 Å². The Morgan fingerprint density at radius 3 is 2.50 bits per heavy atom. The Hall–Kier alpha value is -0.830. The van der Waals surface area contributed by atoms with Gasteiger partial charge < -0.3 is 10.2 Å². The number of rotatable bonds is 4. The number of furan rings is 1. The SMILES string of the molecule is CN(Cc1ccc(Br)o1)S(=O)(=O)c1ccc(Br)cc1N. The van der Waals surface area contributed by atoms with Crippen molar-refractivity contribution in [2.75, 3.05) is 12.8 Å². The maximum atomic E-state index is 12.5. The van der Waals surface area contributed by atoms with Crippen LogP contribution < -0.4 is 5.73 Å². The van der Waals surface area contributed by atoms with Crippen LogP contribution in [0.1, 0.15) is 5.76 Å². The first kappa shape index (κ1) is 15.6. The molecule has 0 amide bonds. The van der Waals surface area contributed by atoms with Crippen molar-refractivity contribution in [3.63, 3.8) is 0 Å². The highest BCUT2D eigenvalue weighted by atomic mass is 79.9. The summed E-state index contributed by atoms with van der Waals surface area (Å²) in [5.41, 5.74) is 5.98. The Kier molecular flexibility index (Phi) is 4.58. The molecule has 0 fully saturated rings.